The summed E-state index contributed by atoms with van der Waals surface area (Å²) in [5.41, 5.74) is 3.49. The van der Waals surface area contributed by atoms with E-state index in [4.69, 9.17) is 4.52 Å². The lowest BCUT2D eigenvalue weighted by Gasteiger charge is -2.16. The number of amides is 1. The first-order chi connectivity index (χ1) is 17.0. The molecule has 0 fully saturated rings. The molecule has 0 spiro atoms. The molecule has 1 N–H and O–H groups in total. The molecular formula is C27H23N5O3. The highest BCUT2D eigenvalue weighted by molar-refractivity contribution is 5.93. The Balaban J connectivity index is 1.45. The molecule has 0 unspecified atom stereocenters. The van der Waals surface area contributed by atoms with Crippen LogP contribution in [0.3, 0.4) is 0 Å². The maximum atomic E-state index is 13.1. The van der Waals surface area contributed by atoms with E-state index in [0.29, 0.717) is 22.6 Å². The van der Waals surface area contributed by atoms with Crippen LogP contribution in [0.2, 0.25) is 0 Å². The number of nitrogens with one attached hydrogen (secondary N) is 1. The predicted molar refractivity (Wildman–Crippen MR) is 132 cm³/mol. The molecule has 0 radical (unpaired) electrons. The number of aromatic nitrogens is 4. The second-order valence-electron chi connectivity index (χ2n) is 8.34. The Kier molecular flexibility index (Phi) is 5.93. The molecule has 8 nitrogen and oxygen atoms in total. The first-order valence-electron chi connectivity index (χ1n) is 11.2. The summed E-state index contributed by atoms with van der Waals surface area (Å²) in [7, 11) is 0. The van der Waals surface area contributed by atoms with Crippen LogP contribution in [0.5, 0.6) is 0 Å². The van der Waals surface area contributed by atoms with Crippen molar-refractivity contribution in [2.75, 3.05) is 0 Å². The molecule has 0 saturated heterocycles. The van der Waals surface area contributed by atoms with Crippen molar-refractivity contribution in [2.45, 2.75) is 26.4 Å². The summed E-state index contributed by atoms with van der Waals surface area (Å²) in [6.07, 6.45) is 1.65. The summed E-state index contributed by atoms with van der Waals surface area (Å²) in [5.74, 6) is 0.287. The van der Waals surface area contributed by atoms with Crippen molar-refractivity contribution >= 4 is 16.8 Å². The van der Waals surface area contributed by atoms with Crippen LogP contribution in [0.4, 0.5) is 0 Å². The third-order valence-corrected chi connectivity index (χ3v) is 5.83. The average molecular weight is 466 g/mol. The quantitative estimate of drug-likeness (QED) is 0.401. The van der Waals surface area contributed by atoms with Crippen molar-refractivity contribution in [3.63, 3.8) is 0 Å². The van der Waals surface area contributed by atoms with Gasteiger partial charge < -0.3 is 9.84 Å². The maximum absolute atomic E-state index is 13.1. The number of aryl methyl sites for hydroxylation is 1. The van der Waals surface area contributed by atoms with E-state index < -0.39 is 0 Å². The van der Waals surface area contributed by atoms with Crippen molar-refractivity contribution in [3.05, 3.63) is 100 Å². The van der Waals surface area contributed by atoms with Gasteiger partial charge in [-0.15, -0.1) is 0 Å². The fourth-order valence-corrected chi connectivity index (χ4v) is 3.98. The van der Waals surface area contributed by atoms with Gasteiger partial charge in [0, 0.05) is 17.6 Å². The van der Waals surface area contributed by atoms with Crippen LogP contribution in [0.25, 0.3) is 33.9 Å². The van der Waals surface area contributed by atoms with E-state index in [0.717, 1.165) is 16.5 Å². The Bertz CT molecular complexity index is 1560. The molecule has 3 aromatic heterocycles. The topological polar surface area (TPSA) is 103 Å². The molecule has 3 heterocycles. The normalized spacial score (nSPS) is 11.9. The molecule has 0 bridgehead atoms. The predicted octanol–water partition coefficient (Wildman–Crippen LogP) is 4.30. The minimum Gasteiger partial charge on any atom is -0.348 e. The smallest absolute Gasteiger partial charge is 0.259 e. The lowest BCUT2D eigenvalue weighted by Crippen LogP contribution is -2.34. The Morgan fingerprint density at radius 1 is 1.06 bits per heavy atom. The highest BCUT2D eigenvalue weighted by atomic mass is 16.5. The molecule has 8 heteroatoms. The van der Waals surface area contributed by atoms with E-state index in [1.54, 1.807) is 24.4 Å². The van der Waals surface area contributed by atoms with Gasteiger partial charge in [-0.05, 0) is 37.6 Å². The molecule has 0 aliphatic rings. The van der Waals surface area contributed by atoms with Crippen molar-refractivity contribution < 1.29 is 9.32 Å². The second-order valence-corrected chi connectivity index (χ2v) is 8.34. The van der Waals surface area contributed by atoms with Gasteiger partial charge in [-0.1, -0.05) is 59.3 Å². The van der Waals surface area contributed by atoms with Crippen LogP contribution in [-0.4, -0.2) is 25.6 Å². The van der Waals surface area contributed by atoms with Gasteiger partial charge in [0.25, 0.3) is 11.4 Å². The molecule has 5 rings (SSSR count). The third kappa shape index (κ3) is 4.59. The van der Waals surface area contributed by atoms with E-state index in [2.05, 4.69) is 20.4 Å². The minimum absolute atomic E-state index is 0.112. The van der Waals surface area contributed by atoms with Crippen molar-refractivity contribution in [3.8, 4) is 23.0 Å². The van der Waals surface area contributed by atoms with E-state index in [9.17, 15) is 9.59 Å². The van der Waals surface area contributed by atoms with Crippen molar-refractivity contribution in [1.29, 1.82) is 0 Å². The van der Waals surface area contributed by atoms with Crippen molar-refractivity contribution in [1.82, 2.24) is 25.0 Å². The number of nitrogens with zero attached hydrogens (tertiary/aromatic N) is 4. The van der Waals surface area contributed by atoms with Gasteiger partial charge in [-0.25, -0.2) is 0 Å². The van der Waals surface area contributed by atoms with Crippen LogP contribution >= 0.6 is 0 Å². The van der Waals surface area contributed by atoms with Crippen molar-refractivity contribution in [2.24, 2.45) is 0 Å². The summed E-state index contributed by atoms with van der Waals surface area (Å²) in [4.78, 5) is 34.7. The number of carbonyl (C=O) groups is 1. The SMILES string of the molecule is Cc1ccc([C@@H](C)NC(=O)Cn2c(=O)cc(-c3nc(-c4ccccn4)no3)c3ccccc32)cc1. The van der Waals surface area contributed by atoms with Crippen LogP contribution < -0.4 is 10.9 Å². The van der Waals surface area contributed by atoms with Gasteiger partial charge in [0.15, 0.2) is 0 Å². The largest absolute Gasteiger partial charge is 0.348 e. The van der Waals surface area contributed by atoms with E-state index in [1.807, 2.05) is 62.4 Å². The molecule has 0 aliphatic carbocycles. The fraction of sp³-hybridized carbons (Fsp3) is 0.148. The molecule has 1 atom stereocenters. The number of para-hydroxylation sites is 1. The maximum Gasteiger partial charge on any atom is 0.259 e. The number of hydrogen-bond acceptors (Lipinski definition) is 6. The minimum atomic E-state index is -0.338. The van der Waals surface area contributed by atoms with Crippen LogP contribution in [0, 0.1) is 6.92 Å². The van der Waals surface area contributed by atoms with Gasteiger partial charge in [0.1, 0.15) is 12.2 Å². The lowest BCUT2D eigenvalue weighted by molar-refractivity contribution is -0.122. The lowest BCUT2D eigenvalue weighted by atomic mass is 10.1. The number of rotatable bonds is 6. The first-order valence-corrected chi connectivity index (χ1v) is 11.2. The van der Waals surface area contributed by atoms with Gasteiger partial charge >= 0.3 is 0 Å². The van der Waals surface area contributed by atoms with E-state index in [1.165, 1.54) is 10.6 Å². The molecule has 0 saturated carbocycles. The zero-order valence-corrected chi connectivity index (χ0v) is 19.3. The zero-order chi connectivity index (χ0) is 24.4. The Morgan fingerprint density at radius 2 is 1.83 bits per heavy atom. The summed E-state index contributed by atoms with van der Waals surface area (Å²) in [5, 5.41) is 7.72. The summed E-state index contributed by atoms with van der Waals surface area (Å²) >= 11 is 0. The van der Waals surface area contributed by atoms with Gasteiger partial charge in [-0.3, -0.25) is 19.1 Å². The van der Waals surface area contributed by atoms with E-state index in [-0.39, 0.29) is 29.9 Å². The van der Waals surface area contributed by atoms with Gasteiger partial charge in [0.05, 0.1) is 17.1 Å². The van der Waals surface area contributed by atoms with E-state index >= 15 is 0 Å². The van der Waals surface area contributed by atoms with Crippen LogP contribution in [-0.2, 0) is 11.3 Å². The number of benzene rings is 2. The first kappa shape index (κ1) is 22.2. The van der Waals surface area contributed by atoms with Crippen LogP contribution in [0.1, 0.15) is 24.1 Å². The molecular weight excluding hydrogens is 442 g/mol. The molecule has 35 heavy (non-hydrogen) atoms. The average Bonchev–Trinajstić information content (AvgIpc) is 3.37. The highest BCUT2D eigenvalue weighted by Crippen LogP contribution is 2.27. The highest BCUT2D eigenvalue weighted by Gasteiger charge is 2.18. The molecule has 0 aliphatic heterocycles. The standard InChI is InChI=1S/C27H23N5O3/c1-17-10-12-19(13-11-17)18(2)29-24(33)16-32-23-9-4-3-7-20(23)21(15-25(32)34)27-30-26(31-35-27)22-8-5-6-14-28-22/h3-15,18H,16H2,1-2H3,(H,29,33)/t18-/m1/s1. The summed E-state index contributed by atoms with van der Waals surface area (Å²) in [6.45, 7) is 3.82. The van der Waals surface area contributed by atoms with Gasteiger partial charge in [0.2, 0.25) is 11.7 Å². The molecule has 2 aromatic carbocycles. The van der Waals surface area contributed by atoms with Crippen LogP contribution in [0.15, 0.2) is 88.3 Å². The fourth-order valence-electron chi connectivity index (χ4n) is 3.98. The molecule has 1 amide bonds. The monoisotopic (exact) mass is 465 g/mol. The zero-order valence-electron chi connectivity index (χ0n) is 19.3. The summed E-state index contributed by atoms with van der Waals surface area (Å²) in [6, 6.07) is 22.0. The van der Waals surface area contributed by atoms with Gasteiger partial charge in [-0.2, -0.15) is 4.98 Å². The Morgan fingerprint density at radius 3 is 2.60 bits per heavy atom. The summed E-state index contributed by atoms with van der Waals surface area (Å²) < 4.78 is 6.92. The number of pyridine rings is 2. The molecule has 5 aromatic rings. The Hall–Kier alpha value is -4.59. The molecule has 174 valence electrons. The number of carbonyl (C=O) groups excluding carboxylic acids is 1. The number of fused-ring (bicyclic) bond motifs is 1. The number of hydrogen-bond donors (Lipinski definition) is 1. The third-order valence-electron chi connectivity index (χ3n) is 5.83. The Labute approximate surface area is 201 Å². The second kappa shape index (κ2) is 9.34.